The molecule has 33 heavy (non-hydrogen) atoms. The predicted molar refractivity (Wildman–Crippen MR) is 129 cm³/mol. The highest BCUT2D eigenvalue weighted by atomic mass is 32.2. The first-order valence-corrected chi connectivity index (χ1v) is 11.7. The fourth-order valence-corrected chi connectivity index (χ4v) is 4.74. The maximum absolute atomic E-state index is 13.4. The number of imide groups is 1. The van der Waals surface area contributed by atoms with Gasteiger partial charge in [0.2, 0.25) is 0 Å². The monoisotopic (exact) mass is 458 g/mol. The van der Waals surface area contributed by atoms with Crippen molar-refractivity contribution in [3.05, 3.63) is 99.8 Å². The maximum atomic E-state index is 13.4. The van der Waals surface area contributed by atoms with Crippen LogP contribution < -0.4 is 5.32 Å². The van der Waals surface area contributed by atoms with Crippen LogP contribution in [0.3, 0.4) is 0 Å². The van der Waals surface area contributed by atoms with Gasteiger partial charge >= 0.3 is 0 Å². The summed E-state index contributed by atoms with van der Waals surface area (Å²) in [6.07, 6.45) is 0.595. The van der Waals surface area contributed by atoms with E-state index in [1.807, 2.05) is 87.5 Å². The Morgan fingerprint density at radius 1 is 0.909 bits per heavy atom. The number of aryl methyl sites for hydroxylation is 2. The Hall–Kier alpha value is -3.45. The van der Waals surface area contributed by atoms with Crippen LogP contribution in [0.2, 0.25) is 0 Å². The zero-order chi connectivity index (χ0) is 23.4. The summed E-state index contributed by atoms with van der Waals surface area (Å²) in [7, 11) is 0. The fourth-order valence-electron chi connectivity index (χ4n) is 3.74. The molecular formula is C26H26N4O2S. The van der Waals surface area contributed by atoms with E-state index in [9.17, 15) is 9.59 Å². The molecule has 1 atom stereocenters. The molecule has 0 unspecified atom stereocenters. The summed E-state index contributed by atoms with van der Waals surface area (Å²) in [5.41, 5.74) is 4.03. The Labute approximate surface area is 198 Å². The molecule has 0 saturated heterocycles. The number of thioether (sulfide) groups is 1. The highest BCUT2D eigenvalue weighted by Crippen LogP contribution is 2.34. The van der Waals surface area contributed by atoms with Crippen LogP contribution in [0.25, 0.3) is 0 Å². The summed E-state index contributed by atoms with van der Waals surface area (Å²) in [5.74, 6) is -0.628. The standard InChI is InChI=1S/C26H26N4O2S/c1-17-16-18(2)28-26(27-17)33-23-22(29-19(3)21-12-8-5-9-13-21)24(31)30(25(23)32)15-14-20-10-6-4-7-11-20/h4-13,16,19,29H,14-15H2,1-3H3/t19-/m0/s1. The molecule has 4 rings (SSSR count). The van der Waals surface area contributed by atoms with Crippen molar-refractivity contribution in [2.75, 3.05) is 6.54 Å². The Bertz CT molecular complexity index is 1180. The lowest BCUT2D eigenvalue weighted by atomic mass is 10.1. The first-order valence-electron chi connectivity index (χ1n) is 10.9. The summed E-state index contributed by atoms with van der Waals surface area (Å²) in [4.78, 5) is 37.3. The topological polar surface area (TPSA) is 75.2 Å². The SMILES string of the molecule is Cc1cc(C)nc(SC2=C(N[C@@H](C)c3ccccc3)C(=O)N(CCc3ccccc3)C2=O)n1. The number of hydrogen-bond acceptors (Lipinski definition) is 6. The number of aromatic nitrogens is 2. The van der Waals surface area contributed by atoms with Crippen LogP contribution >= 0.6 is 11.8 Å². The van der Waals surface area contributed by atoms with E-state index in [-0.39, 0.29) is 17.9 Å². The van der Waals surface area contributed by atoms with E-state index in [0.717, 1.165) is 34.3 Å². The van der Waals surface area contributed by atoms with Crippen LogP contribution in [0.4, 0.5) is 0 Å². The highest BCUT2D eigenvalue weighted by molar-refractivity contribution is 8.04. The molecule has 0 radical (unpaired) electrons. The van der Waals surface area contributed by atoms with Gasteiger partial charge in [-0.1, -0.05) is 60.7 Å². The number of hydrogen-bond donors (Lipinski definition) is 1. The van der Waals surface area contributed by atoms with E-state index in [0.29, 0.717) is 28.7 Å². The summed E-state index contributed by atoms with van der Waals surface area (Å²) in [5, 5.41) is 3.75. The average Bonchev–Trinajstić information content (AvgIpc) is 3.02. The average molecular weight is 459 g/mol. The zero-order valence-corrected chi connectivity index (χ0v) is 19.7. The molecule has 1 aliphatic rings. The Balaban J connectivity index is 1.62. The molecular weight excluding hydrogens is 432 g/mol. The Morgan fingerprint density at radius 3 is 2.15 bits per heavy atom. The molecule has 0 fully saturated rings. The molecule has 2 amide bonds. The minimum atomic E-state index is -0.314. The van der Waals surface area contributed by atoms with Gasteiger partial charge in [-0.25, -0.2) is 9.97 Å². The molecule has 1 aromatic heterocycles. The van der Waals surface area contributed by atoms with Gasteiger partial charge in [-0.15, -0.1) is 0 Å². The van der Waals surface area contributed by atoms with Crippen molar-refractivity contribution < 1.29 is 9.59 Å². The molecule has 0 aliphatic carbocycles. The molecule has 1 aliphatic heterocycles. The fraction of sp³-hybridized carbons (Fsp3) is 0.231. The van der Waals surface area contributed by atoms with Crippen molar-refractivity contribution in [3.63, 3.8) is 0 Å². The van der Waals surface area contributed by atoms with Gasteiger partial charge in [0.25, 0.3) is 11.8 Å². The maximum Gasteiger partial charge on any atom is 0.278 e. The first-order chi connectivity index (χ1) is 15.9. The summed E-state index contributed by atoms with van der Waals surface area (Å²) < 4.78 is 0. The number of nitrogens with one attached hydrogen (secondary N) is 1. The second-order valence-electron chi connectivity index (χ2n) is 8.01. The van der Waals surface area contributed by atoms with E-state index >= 15 is 0 Å². The number of rotatable bonds is 8. The number of carbonyl (C=O) groups excluding carboxylic acids is 2. The molecule has 168 valence electrons. The lowest BCUT2D eigenvalue weighted by Gasteiger charge is -2.18. The van der Waals surface area contributed by atoms with Crippen LogP contribution in [0.15, 0.2) is 82.5 Å². The highest BCUT2D eigenvalue weighted by Gasteiger charge is 2.39. The van der Waals surface area contributed by atoms with E-state index < -0.39 is 0 Å². The van der Waals surface area contributed by atoms with E-state index in [1.165, 1.54) is 4.90 Å². The van der Waals surface area contributed by atoms with Crippen molar-refractivity contribution in [1.29, 1.82) is 0 Å². The minimum absolute atomic E-state index is 0.150. The number of benzene rings is 2. The van der Waals surface area contributed by atoms with Crippen LogP contribution in [-0.4, -0.2) is 33.2 Å². The van der Waals surface area contributed by atoms with Gasteiger partial charge in [-0.05, 0) is 56.1 Å². The number of carbonyl (C=O) groups is 2. The van der Waals surface area contributed by atoms with Crippen molar-refractivity contribution >= 4 is 23.6 Å². The molecule has 1 N–H and O–H groups in total. The predicted octanol–water partition coefficient (Wildman–Crippen LogP) is 4.36. The van der Waals surface area contributed by atoms with Crippen LogP contribution in [0.5, 0.6) is 0 Å². The normalized spacial score (nSPS) is 14.7. The first kappa shape index (κ1) is 22.7. The number of amides is 2. The second kappa shape index (κ2) is 10.0. The smallest absolute Gasteiger partial charge is 0.278 e. The largest absolute Gasteiger partial charge is 0.373 e. The lowest BCUT2D eigenvalue weighted by Crippen LogP contribution is -2.35. The third-order valence-corrected chi connectivity index (χ3v) is 6.36. The van der Waals surface area contributed by atoms with Crippen molar-refractivity contribution in [2.24, 2.45) is 0 Å². The molecule has 0 bridgehead atoms. The van der Waals surface area contributed by atoms with Crippen molar-refractivity contribution in [2.45, 2.75) is 38.4 Å². The van der Waals surface area contributed by atoms with Gasteiger partial charge in [-0.3, -0.25) is 14.5 Å². The minimum Gasteiger partial charge on any atom is -0.373 e. The molecule has 7 heteroatoms. The summed E-state index contributed by atoms with van der Waals surface area (Å²) in [6, 6.07) is 21.4. The zero-order valence-electron chi connectivity index (χ0n) is 18.9. The van der Waals surface area contributed by atoms with Gasteiger partial charge < -0.3 is 5.32 Å². The quantitative estimate of drug-likeness (QED) is 0.399. The molecule has 0 spiro atoms. The van der Waals surface area contributed by atoms with Crippen molar-refractivity contribution in [3.8, 4) is 0 Å². The van der Waals surface area contributed by atoms with Crippen LogP contribution in [0.1, 0.15) is 35.5 Å². The Morgan fingerprint density at radius 2 is 1.52 bits per heavy atom. The van der Waals surface area contributed by atoms with Gasteiger partial charge in [0.05, 0.1) is 0 Å². The Kier molecular flexibility index (Phi) is 6.89. The lowest BCUT2D eigenvalue weighted by molar-refractivity contribution is -0.137. The van der Waals surface area contributed by atoms with E-state index in [4.69, 9.17) is 0 Å². The van der Waals surface area contributed by atoms with Gasteiger partial charge in [0.15, 0.2) is 5.16 Å². The van der Waals surface area contributed by atoms with Crippen molar-refractivity contribution in [1.82, 2.24) is 20.2 Å². The molecule has 2 heterocycles. The van der Waals surface area contributed by atoms with E-state index in [2.05, 4.69) is 15.3 Å². The number of nitrogens with zero attached hydrogens (tertiary/aromatic N) is 3. The molecule has 6 nitrogen and oxygen atoms in total. The van der Waals surface area contributed by atoms with Gasteiger partial charge in [0, 0.05) is 24.0 Å². The molecule has 2 aromatic carbocycles. The van der Waals surface area contributed by atoms with Crippen LogP contribution in [0, 0.1) is 13.8 Å². The van der Waals surface area contributed by atoms with Gasteiger partial charge in [-0.2, -0.15) is 0 Å². The van der Waals surface area contributed by atoms with E-state index in [1.54, 1.807) is 0 Å². The summed E-state index contributed by atoms with van der Waals surface area (Å²) in [6.45, 7) is 6.06. The summed E-state index contributed by atoms with van der Waals surface area (Å²) >= 11 is 1.14. The second-order valence-corrected chi connectivity index (χ2v) is 8.99. The molecule has 3 aromatic rings. The van der Waals surface area contributed by atoms with Crippen LogP contribution in [-0.2, 0) is 16.0 Å². The third kappa shape index (κ3) is 5.31. The molecule has 0 saturated carbocycles. The third-order valence-electron chi connectivity index (χ3n) is 5.41. The van der Waals surface area contributed by atoms with Gasteiger partial charge in [0.1, 0.15) is 10.6 Å².